The topological polar surface area (TPSA) is 36.9 Å². The van der Waals surface area contributed by atoms with Crippen molar-refractivity contribution in [1.82, 2.24) is 0 Å². The molecule has 0 fully saturated rings. The van der Waals surface area contributed by atoms with Gasteiger partial charge < -0.3 is 17.7 Å². The highest BCUT2D eigenvalue weighted by Crippen LogP contribution is 2.55. The molecule has 28 heavy (non-hydrogen) atoms. The number of hydrogen-bond acceptors (Lipinski definition) is 10. The third-order valence-corrected chi connectivity index (χ3v) is 22.8. The zero-order valence-electron chi connectivity index (χ0n) is 18.5. The van der Waals surface area contributed by atoms with Crippen LogP contribution in [0.2, 0.25) is 25.2 Å². The Hall–Kier alpha value is 2.37. The molecule has 0 aliphatic heterocycles. The van der Waals surface area contributed by atoms with E-state index in [4.69, 9.17) is 17.7 Å². The normalized spacial score (nSPS) is 15.0. The van der Waals surface area contributed by atoms with Crippen molar-refractivity contribution in [3.8, 4) is 0 Å². The summed E-state index contributed by atoms with van der Waals surface area (Å²) in [6.45, 7) is 8.82. The molecule has 2 atom stereocenters. The summed E-state index contributed by atoms with van der Waals surface area (Å²) in [5, 5.41) is 1.31. The summed E-state index contributed by atoms with van der Waals surface area (Å²) in [4.78, 5) is 0. The van der Waals surface area contributed by atoms with E-state index in [1.807, 2.05) is 60.9 Å². The molecule has 0 heterocycles. The monoisotopic (exact) mass is 542 g/mol. The Balaban J connectivity index is 3.95. The molecular formula is C16H38O4S6Si2. The summed E-state index contributed by atoms with van der Waals surface area (Å²) >= 11 is 0. The molecule has 0 saturated carbocycles. The summed E-state index contributed by atoms with van der Waals surface area (Å²) < 4.78 is 22.4. The van der Waals surface area contributed by atoms with Gasteiger partial charge in [-0.1, -0.05) is 35.4 Å². The van der Waals surface area contributed by atoms with Crippen molar-refractivity contribution in [3.63, 3.8) is 0 Å². The Morgan fingerprint density at radius 3 is 1.18 bits per heavy atom. The minimum atomic E-state index is -1.94. The lowest BCUT2D eigenvalue weighted by Crippen LogP contribution is -2.36. The van der Waals surface area contributed by atoms with E-state index in [1.165, 1.54) is 12.8 Å². The Morgan fingerprint density at radius 1 is 0.607 bits per heavy atom. The maximum absolute atomic E-state index is 5.60. The largest absolute Gasteiger partial charge is 0.398 e. The van der Waals surface area contributed by atoms with E-state index in [9.17, 15) is 0 Å². The SMILES string of the molecule is CCC(CC[Si](C)(OC)OC)SSSSSSC(CC)CC[Si](C)(OC)OC. The average Bonchev–Trinajstić information content (AvgIpc) is 2.74. The van der Waals surface area contributed by atoms with Gasteiger partial charge in [-0.3, -0.25) is 0 Å². The molecule has 2 unspecified atom stereocenters. The third-order valence-electron chi connectivity index (χ3n) is 4.91. The van der Waals surface area contributed by atoms with Crippen LogP contribution < -0.4 is 0 Å². The highest BCUT2D eigenvalue weighted by Gasteiger charge is 2.30. The number of rotatable bonds is 19. The highest BCUT2D eigenvalue weighted by atomic mass is 33.9. The van der Waals surface area contributed by atoms with Crippen LogP contribution in [0.4, 0.5) is 0 Å². The van der Waals surface area contributed by atoms with Gasteiger partial charge in [0.1, 0.15) is 0 Å². The molecule has 0 aromatic heterocycles. The molecule has 12 heteroatoms. The minimum Gasteiger partial charge on any atom is -0.398 e. The smallest absolute Gasteiger partial charge is 0.334 e. The van der Waals surface area contributed by atoms with E-state index in [2.05, 4.69) is 26.9 Å². The van der Waals surface area contributed by atoms with Crippen LogP contribution in [-0.4, -0.2) is 56.1 Å². The first-order valence-corrected chi connectivity index (χ1v) is 22.2. The minimum absolute atomic E-state index is 0.655. The quantitative estimate of drug-likeness (QED) is 0.0909. The first-order chi connectivity index (χ1) is 13.3. The van der Waals surface area contributed by atoms with Gasteiger partial charge in [-0.05, 0) is 90.2 Å². The molecule has 0 bridgehead atoms. The summed E-state index contributed by atoms with van der Waals surface area (Å²) in [5.41, 5.74) is 0. The second-order valence-electron chi connectivity index (χ2n) is 6.69. The molecule has 0 aliphatic rings. The predicted octanol–water partition coefficient (Wildman–Crippen LogP) is 8.03. The third kappa shape index (κ3) is 13.7. The summed E-state index contributed by atoms with van der Waals surface area (Å²) in [5.74, 6) is 0. The lowest BCUT2D eigenvalue weighted by atomic mass is 10.3. The fourth-order valence-corrected chi connectivity index (χ4v) is 18.6. The van der Waals surface area contributed by atoms with Crippen molar-refractivity contribution < 1.29 is 17.7 Å². The second kappa shape index (κ2) is 17.9. The van der Waals surface area contributed by atoms with Crippen LogP contribution in [0.25, 0.3) is 0 Å². The molecule has 0 radical (unpaired) electrons. The van der Waals surface area contributed by atoms with Gasteiger partial charge >= 0.3 is 17.1 Å². The van der Waals surface area contributed by atoms with E-state index in [0.717, 1.165) is 24.9 Å². The fourth-order valence-electron chi connectivity index (χ4n) is 2.23. The Kier molecular flexibility index (Phi) is 19.4. The molecule has 0 aromatic rings. The molecule has 0 N–H and O–H groups in total. The Labute approximate surface area is 198 Å². The highest BCUT2D eigenvalue weighted by molar-refractivity contribution is 9.41. The molecule has 0 spiro atoms. The predicted molar refractivity (Wildman–Crippen MR) is 144 cm³/mol. The zero-order chi connectivity index (χ0) is 21.5. The van der Waals surface area contributed by atoms with Crippen molar-refractivity contribution in [1.29, 1.82) is 0 Å². The van der Waals surface area contributed by atoms with Gasteiger partial charge in [0.25, 0.3) is 0 Å². The summed E-state index contributed by atoms with van der Waals surface area (Å²) in [6, 6.07) is 2.11. The first kappa shape index (κ1) is 30.4. The number of hydrogen-bond donors (Lipinski definition) is 0. The van der Waals surface area contributed by atoms with E-state index in [-0.39, 0.29) is 0 Å². The molecule has 170 valence electrons. The van der Waals surface area contributed by atoms with E-state index >= 15 is 0 Å². The van der Waals surface area contributed by atoms with Gasteiger partial charge in [0.15, 0.2) is 0 Å². The lowest BCUT2D eigenvalue weighted by molar-refractivity contribution is 0.248. The maximum Gasteiger partial charge on any atom is 0.334 e. The van der Waals surface area contributed by atoms with Crippen molar-refractivity contribution in [2.75, 3.05) is 28.4 Å². The van der Waals surface area contributed by atoms with Gasteiger partial charge in [0.05, 0.1) is 0 Å². The van der Waals surface area contributed by atoms with Gasteiger partial charge in [-0.15, -0.1) is 0 Å². The van der Waals surface area contributed by atoms with Gasteiger partial charge in [-0.25, -0.2) is 0 Å². The van der Waals surface area contributed by atoms with Gasteiger partial charge in [-0.2, -0.15) is 0 Å². The van der Waals surface area contributed by atoms with E-state index in [0.29, 0.717) is 10.5 Å². The molecule has 0 amide bonds. The fraction of sp³-hybridized carbons (Fsp3) is 1.00. The summed E-state index contributed by atoms with van der Waals surface area (Å²) in [7, 11) is 14.7. The maximum atomic E-state index is 5.60. The van der Waals surface area contributed by atoms with Crippen molar-refractivity contribution in [2.24, 2.45) is 0 Å². The Morgan fingerprint density at radius 2 is 0.929 bits per heavy atom. The van der Waals surface area contributed by atoms with Crippen LogP contribution in [0.3, 0.4) is 0 Å². The van der Waals surface area contributed by atoms with Crippen LogP contribution >= 0.6 is 60.9 Å². The molecule has 0 aromatic carbocycles. The van der Waals surface area contributed by atoms with Crippen LogP contribution in [-0.2, 0) is 17.7 Å². The van der Waals surface area contributed by atoms with Crippen molar-refractivity contribution >= 4 is 78.0 Å². The molecule has 0 aliphatic carbocycles. The lowest BCUT2D eigenvalue weighted by Gasteiger charge is -2.24. The zero-order valence-corrected chi connectivity index (χ0v) is 25.4. The van der Waals surface area contributed by atoms with Crippen LogP contribution in [0.1, 0.15) is 39.5 Å². The van der Waals surface area contributed by atoms with Gasteiger partial charge in [0, 0.05) is 38.9 Å². The molecule has 4 nitrogen and oxygen atoms in total. The standard InChI is InChI=1S/C16H38O4S6Si2/c1-9-15(11-13-27(7,17-3)18-4)21-23-25-26-24-22-16(10-2)12-14-28(8,19-5)20-6/h15-16H,9-14H2,1-8H3. The van der Waals surface area contributed by atoms with Crippen LogP contribution in [0, 0.1) is 0 Å². The van der Waals surface area contributed by atoms with E-state index in [1.54, 1.807) is 28.4 Å². The first-order valence-electron chi connectivity index (χ1n) is 9.51. The summed E-state index contributed by atoms with van der Waals surface area (Å²) in [6.07, 6.45) is 4.68. The van der Waals surface area contributed by atoms with Gasteiger partial charge in [0.2, 0.25) is 0 Å². The molecule has 0 saturated heterocycles. The van der Waals surface area contributed by atoms with E-state index < -0.39 is 17.1 Å². The van der Waals surface area contributed by atoms with Crippen LogP contribution in [0.15, 0.2) is 0 Å². The van der Waals surface area contributed by atoms with Crippen molar-refractivity contribution in [3.05, 3.63) is 0 Å². The molecule has 0 rings (SSSR count). The van der Waals surface area contributed by atoms with Crippen LogP contribution in [0.5, 0.6) is 0 Å². The second-order valence-corrected chi connectivity index (χ2v) is 23.8. The average molecular weight is 543 g/mol. The van der Waals surface area contributed by atoms with Crippen molar-refractivity contribution in [2.45, 2.75) is 75.2 Å². The molecular weight excluding hydrogens is 505 g/mol. The Bertz CT molecular complexity index is 345.